The van der Waals surface area contributed by atoms with Crippen molar-refractivity contribution in [2.75, 3.05) is 11.5 Å². The van der Waals surface area contributed by atoms with Gasteiger partial charge in [-0.3, -0.25) is 4.57 Å². The van der Waals surface area contributed by atoms with Crippen LogP contribution in [0.15, 0.2) is 42.6 Å². The summed E-state index contributed by atoms with van der Waals surface area (Å²) >= 11 is 8.40. The van der Waals surface area contributed by atoms with Gasteiger partial charge in [-0.1, -0.05) is 23.7 Å². The first-order valence-corrected chi connectivity index (χ1v) is 8.54. The fourth-order valence-electron chi connectivity index (χ4n) is 2.81. The molecule has 2 aromatic heterocycles. The molecule has 0 saturated carbocycles. The number of thioether (sulfide) groups is 1. The van der Waals surface area contributed by atoms with E-state index >= 15 is 0 Å². The minimum absolute atomic E-state index is 0.473. The second kappa shape index (κ2) is 5.35. The molecule has 3 heterocycles. The van der Waals surface area contributed by atoms with Gasteiger partial charge in [-0.25, -0.2) is 9.97 Å². The van der Waals surface area contributed by atoms with E-state index in [4.69, 9.17) is 16.6 Å². The molecule has 106 valence electrons. The summed E-state index contributed by atoms with van der Waals surface area (Å²) in [4.78, 5) is 9.37. The van der Waals surface area contributed by atoms with E-state index in [9.17, 15) is 0 Å². The van der Waals surface area contributed by atoms with Crippen LogP contribution in [0.1, 0.15) is 18.2 Å². The summed E-state index contributed by atoms with van der Waals surface area (Å²) in [6.45, 7) is 0. The predicted molar refractivity (Wildman–Crippen MR) is 88.6 cm³/mol. The molecule has 3 nitrogen and oxygen atoms in total. The number of hydrogen-bond donors (Lipinski definition) is 0. The molecule has 1 fully saturated rings. The standard InChI is InChI=1S/C16H14ClN3S/c17-12-4-1-2-6-14(12)20-15(11-7-9-21-10-11)19-13-5-3-8-18-16(13)20/h1-6,8,11H,7,9-10H2. The number of halogens is 1. The number of fused-ring (bicyclic) bond motifs is 1. The number of para-hydroxylation sites is 1. The second-order valence-corrected chi connectivity index (χ2v) is 6.72. The number of nitrogens with zero attached hydrogens (tertiary/aromatic N) is 3. The fourth-order valence-corrected chi connectivity index (χ4v) is 4.25. The summed E-state index contributed by atoms with van der Waals surface area (Å²) in [7, 11) is 0. The van der Waals surface area contributed by atoms with Crippen molar-refractivity contribution in [1.29, 1.82) is 0 Å². The Hall–Kier alpha value is -1.52. The van der Waals surface area contributed by atoms with Gasteiger partial charge in [0.05, 0.1) is 10.7 Å². The van der Waals surface area contributed by atoms with Crippen LogP contribution in [0.2, 0.25) is 5.02 Å². The Morgan fingerprint density at radius 3 is 2.90 bits per heavy atom. The Morgan fingerprint density at radius 1 is 1.19 bits per heavy atom. The number of aromatic nitrogens is 3. The van der Waals surface area contributed by atoms with Crippen LogP contribution in [0.4, 0.5) is 0 Å². The number of imidazole rings is 1. The maximum atomic E-state index is 6.41. The largest absolute Gasteiger partial charge is 0.279 e. The SMILES string of the molecule is Clc1ccccc1-n1c(C2CCSC2)nc2cccnc21. The lowest BCUT2D eigenvalue weighted by Crippen LogP contribution is -2.08. The van der Waals surface area contributed by atoms with Crippen LogP contribution in [0, 0.1) is 0 Å². The number of pyridine rings is 1. The number of hydrogen-bond acceptors (Lipinski definition) is 3. The first kappa shape index (κ1) is 13.2. The topological polar surface area (TPSA) is 30.7 Å². The van der Waals surface area contributed by atoms with Gasteiger partial charge in [-0.2, -0.15) is 11.8 Å². The van der Waals surface area contributed by atoms with E-state index in [1.807, 2.05) is 54.4 Å². The molecule has 1 aliphatic heterocycles. The minimum atomic E-state index is 0.473. The van der Waals surface area contributed by atoms with E-state index in [0.717, 1.165) is 33.5 Å². The third-order valence-electron chi connectivity index (χ3n) is 3.83. The third-order valence-corrected chi connectivity index (χ3v) is 5.31. The molecule has 1 aliphatic rings. The Kier molecular flexibility index (Phi) is 3.36. The monoisotopic (exact) mass is 315 g/mol. The summed E-state index contributed by atoms with van der Waals surface area (Å²) < 4.78 is 2.13. The third kappa shape index (κ3) is 2.23. The zero-order chi connectivity index (χ0) is 14.2. The maximum absolute atomic E-state index is 6.41. The molecule has 0 N–H and O–H groups in total. The van der Waals surface area contributed by atoms with Gasteiger partial charge in [0.2, 0.25) is 0 Å². The molecule has 1 saturated heterocycles. The zero-order valence-corrected chi connectivity index (χ0v) is 12.9. The van der Waals surface area contributed by atoms with Crippen molar-refractivity contribution < 1.29 is 0 Å². The Morgan fingerprint density at radius 2 is 2.10 bits per heavy atom. The molecule has 1 aromatic carbocycles. The summed E-state index contributed by atoms with van der Waals surface area (Å²) in [6, 6.07) is 11.8. The molecule has 0 radical (unpaired) electrons. The van der Waals surface area contributed by atoms with E-state index in [1.165, 1.54) is 12.2 Å². The van der Waals surface area contributed by atoms with Crippen molar-refractivity contribution in [2.45, 2.75) is 12.3 Å². The van der Waals surface area contributed by atoms with Crippen LogP contribution in [-0.4, -0.2) is 26.0 Å². The molecule has 21 heavy (non-hydrogen) atoms. The van der Waals surface area contributed by atoms with Crippen LogP contribution in [0.5, 0.6) is 0 Å². The first-order chi connectivity index (χ1) is 10.3. The van der Waals surface area contributed by atoms with Crippen LogP contribution in [0.3, 0.4) is 0 Å². The highest BCUT2D eigenvalue weighted by molar-refractivity contribution is 7.99. The molecule has 5 heteroatoms. The molecule has 0 bridgehead atoms. The molecule has 0 aliphatic carbocycles. The highest BCUT2D eigenvalue weighted by atomic mass is 35.5. The van der Waals surface area contributed by atoms with E-state index in [1.54, 1.807) is 0 Å². The lowest BCUT2D eigenvalue weighted by Gasteiger charge is -2.13. The maximum Gasteiger partial charge on any atom is 0.164 e. The lowest BCUT2D eigenvalue weighted by atomic mass is 10.1. The summed E-state index contributed by atoms with van der Waals surface area (Å²) in [5.41, 5.74) is 2.79. The normalized spacial score (nSPS) is 18.4. The molecule has 1 unspecified atom stereocenters. The van der Waals surface area contributed by atoms with E-state index in [0.29, 0.717) is 5.92 Å². The van der Waals surface area contributed by atoms with Crippen LogP contribution in [0.25, 0.3) is 16.9 Å². The van der Waals surface area contributed by atoms with Crippen molar-refractivity contribution in [3.05, 3.63) is 53.4 Å². The average molecular weight is 316 g/mol. The zero-order valence-electron chi connectivity index (χ0n) is 11.4. The van der Waals surface area contributed by atoms with Crippen molar-refractivity contribution in [1.82, 2.24) is 14.5 Å². The van der Waals surface area contributed by atoms with Gasteiger partial charge < -0.3 is 0 Å². The molecule has 0 spiro atoms. The molecule has 3 aromatic rings. The molecular weight excluding hydrogens is 302 g/mol. The molecule has 4 rings (SSSR count). The minimum Gasteiger partial charge on any atom is -0.279 e. The summed E-state index contributed by atoms with van der Waals surface area (Å²) in [5, 5.41) is 0.731. The highest BCUT2D eigenvalue weighted by Gasteiger charge is 2.25. The van der Waals surface area contributed by atoms with E-state index in [-0.39, 0.29) is 0 Å². The number of benzene rings is 1. The average Bonchev–Trinajstić information content (AvgIpc) is 3.15. The Labute approximate surface area is 132 Å². The number of rotatable bonds is 2. The quantitative estimate of drug-likeness (QED) is 0.706. The van der Waals surface area contributed by atoms with E-state index < -0.39 is 0 Å². The van der Waals surface area contributed by atoms with Gasteiger partial charge in [0, 0.05) is 17.9 Å². The van der Waals surface area contributed by atoms with Crippen molar-refractivity contribution in [3.63, 3.8) is 0 Å². The van der Waals surface area contributed by atoms with Crippen LogP contribution < -0.4 is 0 Å². The highest BCUT2D eigenvalue weighted by Crippen LogP contribution is 2.36. The van der Waals surface area contributed by atoms with Crippen LogP contribution >= 0.6 is 23.4 Å². The van der Waals surface area contributed by atoms with Crippen molar-refractivity contribution >= 4 is 34.5 Å². The van der Waals surface area contributed by atoms with Gasteiger partial charge in [0.25, 0.3) is 0 Å². The van der Waals surface area contributed by atoms with Crippen LogP contribution in [-0.2, 0) is 0 Å². The van der Waals surface area contributed by atoms with Gasteiger partial charge in [-0.05, 0) is 36.4 Å². The fraction of sp³-hybridized carbons (Fsp3) is 0.250. The van der Waals surface area contributed by atoms with Gasteiger partial charge in [-0.15, -0.1) is 0 Å². The second-order valence-electron chi connectivity index (χ2n) is 5.16. The van der Waals surface area contributed by atoms with Gasteiger partial charge in [0.15, 0.2) is 5.65 Å². The Balaban J connectivity index is 2.00. The first-order valence-electron chi connectivity index (χ1n) is 7.00. The van der Waals surface area contributed by atoms with E-state index in [2.05, 4.69) is 9.55 Å². The van der Waals surface area contributed by atoms with Gasteiger partial charge in [0.1, 0.15) is 11.3 Å². The summed E-state index contributed by atoms with van der Waals surface area (Å²) in [5.74, 6) is 3.87. The predicted octanol–water partition coefficient (Wildman–Crippen LogP) is 4.29. The Bertz CT molecular complexity index is 793. The smallest absolute Gasteiger partial charge is 0.164 e. The summed E-state index contributed by atoms with van der Waals surface area (Å²) in [6.07, 6.45) is 2.98. The molecular formula is C16H14ClN3S. The molecule has 1 atom stereocenters. The van der Waals surface area contributed by atoms with Crippen molar-refractivity contribution in [3.8, 4) is 5.69 Å². The lowest BCUT2D eigenvalue weighted by molar-refractivity contribution is 0.705. The van der Waals surface area contributed by atoms with Crippen molar-refractivity contribution in [2.24, 2.45) is 0 Å². The van der Waals surface area contributed by atoms with Gasteiger partial charge >= 0.3 is 0 Å². The molecule has 0 amide bonds.